The molecule has 0 amide bonds. The van der Waals surface area contributed by atoms with Gasteiger partial charge in [-0.3, -0.25) is 9.78 Å². The summed E-state index contributed by atoms with van der Waals surface area (Å²) in [5.74, 6) is 0. The first-order chi connectivity index (χ1) is 7.20. The third-order valence-electron chi connectivity index (χ3n) is 1.65. The van der Waals surface area contributed by atoms with Crippen molar-refractivity contribution >= 4 is 40.8 Å². The van der Waals surface area contributed by atoms with Crippen molar-refractivity contribution in [2.75, 3.05) is 0 Å². The van der Waals surface area contributed by atoms with Crippen molar-refractivity contribution in [3.63, 3.8) is 0 Å². The number of carbonyl (C=O) groups is 1. The molecule has 0 aliphatic heterocycles. The molecule has 15 heavy (non-hydrogen) atoms. The number of thiazole rings is 1. The Morgan fingerprint density at radius 2 is 2.07 bits per heavy atom. The molecule has 6 heteroatoms. The van der Waals surface area contributed by atoms with E-state index in [1.807, 2.05) is 0 Å². The van der Waals surface area contributed by atoms with E-state index < -0.39 is 0 Å². The molecule has 2 heterocycles. The molecule has 0 aliphatic rings. The molecule has 0 atom stereocenters. The summed E-state index contributed by atoms with van der Waals surface area (Å²) in [4.78, 5) is 19.1. The highest BCUT2D eigenvalue weighted by Gasteiger charge is 2.10. The quantitative estimate of drug-likeness (QED) is 0.777. The fraction of sp³-hybridized carbons (Fsp3) is 0. The normalized spacial score (nSPS) is 10.3. The van der Waals surface area contributed by atoms with Crippen LogP contribution in [0.3, 0.4) is 0 Å². The van der Waals surface area contributed by atoms with Crippen LogP contribution in [0.25, 0.3) is 10.7 Å². The molecule has 0 fully saturated rings. The van der Waals surface area contributed by atoms with Gasteiger partial charge in [0.05, 0.1) is 14.9 Å². The lowest BCUT2D eigenvalue weighted by atomic mass is 10.3. The zero-order valence-corrected chi connectivity index (χ0v) is 9.60. The van der Waals surface area contributed by atoms with Crippen LogP contribution in [-0.4, -0.2) is 16.3 Å². The highest BCUT2D eigenvalue weighted by molar-refractivity contribution is 7.16. The van der Waals surface area contributed by atoms with Crippen LogP contribution < -0.4 is 0 Å². The third-order valence-corrected chi connectivity index (χ3v) is 3.07. The van der Waals surface area contributed by atoms with Gasteiger partial charge >= 0.3 is 0 Å². The Hall–Kier alpha value is -0.970. The van der Waals surface area contributed by atoms with Gasteiger partial charge in [0, 0.05) is 12.4 Å². The molecule has 0 bridgehead atoms. The first-order valence-corrected chi connectivity index (χ1v) is 5.50. The van der Waals surface area contributed by atoms with Crippen molar-refractivity contribution in [2.24, 2.45) is 0 Å². The summed E-state index contributed by atoms with van der Waals surface area (Å²) < 4.78 is 0. The molecule has 0 spiro atoms. The second-order valence-electron chi connectivity index (χ2n) is 2.67. The summed E-state index contributed by atoms with van der Waals surface area (Å²) in [6.45, 7) is 0. The summed E-state index contributed by atoms with van der Waals surface area (Å²) in [6.07, 6.45) is 3.72. The van der Waals surface area contributed by atoms with Crippen molar-refractivity contribution in [2.45, 2.75) is 0 Å². The lowest BCUT2D eigenvalue weighted by Crippen LogP contribution is -1.83. The first-order valence-electron chi connectivity index (χ1n) is 3.93. The van der Waals surface area contributed by atoms with E-state index in [1.54, 1.807) is 6.07 Å². The van der Waals surface area contributed by atoms with E-state index in [0.29, 0.717) is 25.6 Å². The zero-order chi connectivity index (χ0) is 10.8. The average Bonchev–Trinajstić information content (AvgIpc) is 2.66. The zero-order valence-electron chi connectivity index (χ0n) is 7.28. The summed E-state index contributed by atoms with van der Waals surface area (Å²) in [5, 5.41) is 1.50. The minimum absolute atomic E-state index is 0.425. The van der Waals surface area contributed by atoms with Crippen LogP contribution in [0.5, 0.6) is 0 Å². The predicted octanol–water partition coefficient (Wildman–Crippen LogP) is 3.32. The highest BCUT2D eigenvalue weighted by atomic mass is 35.5. The van der Waals surface area contributed by atoms with E-state index in [0.717, 1.165) is 6.29 Å². The van der Waals surface area contributed by atoms with Gasteiger partial charge in [-0.15, -0.1) is 11.3 Å². The standard InChI is InChI=1S/C9H4Cl2N2OS/c10-5-1-7(11)8(12-2-5)9-13-3-6(4-14)15-9/h1-4H. The van der Waals surface area contributed by atoms with Gasteiger partial charge in [-0.2, -0.15) is 0 Å². The van der Waals surface area contributed by atoms with Crippen LogP contribution in [0.4, 0.5) is 0 Å². The average molecular weight is 259 g/mol. The number of hydrogen-bond donors (Lipinski definition) is 0. The second kappa shape index (κ2) is 4.26. The Labute approximate surface area is 99.7 Å². The molecule has 0 aliphatic carbocycles. The van der Waals surface area contributed by atoms with Gasteiger partial charge in [-0.1, -0.05) is 23.2 Å². The molecule has 2 aromatic heterocycles. The first kappa shape index (κ1) is 10.5. The summed E-state index contributed by atoms with van der Waals surface area (Å²) in [6, 6.07) is 1.59. The molecule has 0 saturated heterocycles. The topological polar surface area (TPSA) is 42.9 Å². The van der Waals surface area contributed by atoms with E-state index in [9.17, 15) is 4.79 Å². The van der Waals surface area contributed by atoms with Crippen molar-refractivity contribution in [3.05, 3.63) is 33.4 Å². The Morgan fingerprint density at radius 1 is 1.27 bits per heavy atom. The molecular weight excluding hydrogens is 255 g/mol. The number of aromatic nitrogens is 2. The Bertz CT molecular complexity index is 513. The number of aldehydes is 1. The molecule has 0 radical (unpaired) electrons. The lowest BCUT2D eigenvalue weighted by Gasteiger charge is -1.98. The van der Waals surface area contributed by atoms with Crippen molar-refractivity contribution < 1.29 is 4.79 Å². The van der Waals surface area contributed by atoms with Crippen LogP contribution in [0.1, 0.15) is 9.67 Å². The maximum absolute atomic E-state index is 10.5. The van der Waals surface area contributed by atoms with E-state index in [2.05, 4.69) is 9.97 Å². The monoisotopic (exact) mass is 258 g/mol. The summed E-state index contributed by atoms with van der Waals surface area (Å²) in [7, 11) is 0. The molecule has 76 valence electrons. The van der Waals surface area contributed by atoms with E-state index in [4.69, 9.17) is 23.2 Å². The molecule has 2 aromatic rings. The lowest BCUT2D eigenvalue weighted by molar-refractivity contribution is 0.112. The van der Waals surface area contributed by atoms with E-state index in [-0.39, 0.29) is 0 Å². The van der Waals surface area contributed by atoms with Crippen molar-refractivity contribution in [3.8, 4) is 10.7 Å². The third kappa shape index (κ3) is 2.17. The minimum atomic E-state index is 0.425. The van der Waals surface area contributed by atoms with Crippen LogP contribution in [0.15, 0.2) is 18.5 Å². The smallest absolute Gasteiger partial charge is 0.161 e. The Morgan fingerprint density at radius 3 is 2.67 bits per heavy atom. The number of halogens is 2. The van der Waals surface area contributed by atoms with Gasteiger partial charge in [0.2, 0.25) is 0 Å². The molecular formula is C9H4Cl2N2OS. The van der Waals surface area contributed by atoms with Crippen LogP contribution in [0.2, 0.25) is 10.0 Å². The number of hydrogen-bond acceptors (Lipinski definition) is 4. The summed E-state index contributed by atoms with van der Waals surface area (Å²) in [5.41, 5.74) is 0.541. The van der Waals surface area contributed by atoms with Crippen LogP contribution >= 0.6 is 34.5 Å². The highest BCUT2D eigenvalue weighted by Crippen LogP contribution is 2.30. The SMILES string of the molecule is O=Cc1cnc(-c2ncc(Cl)cc2Cl)s1. The largest absolute Gasteiger partial charge is 0.297 e. The molecule has 0 aromatic carbocycles. The van der Waals surface area contributed by atoms with Gasteiger partial charge in [0.15, 0.2) is 6.29 Å². The molecule has 2 rings (SSSR count). The fourth-order valence-electron chi connectivity index (χ4n) is 1.02. The van der Waals surface area contributed by atoms with Gasteiger partial charge in [-0.05, 0) is 6.07 Å². The summed E-state index contributed by atoms with van der Waals surface area (Å²) >= 11 is 12.9. The molecule has 0 saturated carbocycles. The molecule has 0 unspecified atom stereocenters. The number of pyridine rings is 1. The Kier molecular flexibility index (Phi) is 3.00. The predicted molar refractivity (Wildman–Crippen MR) is 60.8 cm³/mol. The van der Waals surface area contributed by atoms with Crippen LogP contribution in [-0.2, 0) is 0 Å². The van der Waals surface area contributed by atoms with E-state index >= 15 is 0 Å². The molecule has 0 N–H and O–H groups in total. The van der Waals surface area contributed by atoms with Crippen molar-refractivity contribution in [1.82, 2.24) is 9.97 Å². The maximum Gasteiger partial charge on any atom is 0.161 e. The number of nitrogens with zero attached hydrogens (tertiary/aromatic N) is 2. The van der Waals surface area contributed by atoms with Gasteiger partial charge < -0.3 is 0 Å². The molecule has 3 nitrogen and oxygen atoms in total. The minimum Gasteiger partial charge on any atom is -0.297 e. The number of rotatable bonds is 2. The number of carbonyl (C=O) groups excluding carboxylic acids is 1. The van der Waals surface area contributed by atoms with Gasteiger partial charge in [0.1, 0.15) is 10.7 Å². The second-order valence-corrected chi connectivity index (χ2v) is 4.58. The van der Waals surface area contributed by atoms with Gasteiger partial charge in [-0.25, -0.2) is 4.98 Å². The van der Waals surface area contributed by atoms with E-state index in [1.165, 1.54) is 23.7 Å². The van der Waals surface area contributed by atoms with Crippen LogP contribution in [0, 0.1) is 0 Å². The maximum atomic E-state index is 10.5. The Balaban J connectivity index is 2.49. The van der Waals surface area contributed by atoms with Crippen molar-refractivity contribution in [1.29, 1.82) is 0 Å². The van der Waals surface area contributed by atoms with Gasteiger partial charge in [0.25, 0.3) is 0 Å². The fourth-order valence-corrected chi connectivity index (χ4v) is 2.29.